The van der Waals surface area contributed by atoms with Crippen LogP contribution in [0.3, 0.4) is 0 Å². The van der Waals surface area contributed by atoms with Crippen molar-refractivity contribution in [2.45, 2.75) is 51.5 Å². The van der Waals surface area contributed by atoms with Crippen molar-refractivity contribution in [1.82, 2.24) is 20.1 Å². The lowest BCUT2D eigenvalue weighted by Crippen LogP contribution is -2.31. The lowest BCUT2D eigenvalue weighted by Gasteiger charge is -2.21. The molecule has 1 aromatic carbocycles. The number of nitrogens with zero attached hydrogens (tertiary/aromatic N) is 3. The van der Waals surface area contributed by atoms with Crippen LogP contribution in [-0.2, 0) is 11.8 Å². The first kappa shape index (κ1) is 19.7. The van der Waals surface area contributed by atoms with Gasteiger partial charge in [-0.15, -0.1) is 0 Å². The monoisotopic (exact) mass is 412 g/mol. The summed E-state index contributed by atoms with van der Waals surface area (Å²) in [6.45, 7) is 6.93. The number of carbonyl (C=O) groups excluding carboxylic acids is 1. The summed E-state index contributed by atoms with van der Waals surface area (Å²) in [5.74, 6) is 1.25. The summed E-state index contributed by atoms with van der Waals surface area (Å²) in [6, 6.07) is 9.37. The predicted octanol–water partition coefficient (Wildman–Crippen LogP) is 4.92. The Morgan fingerprint density at radius 3 is 2.90 bits per heavy atom. The summed E-state index contributed by atoms with van der Waals surface area (Å²) in [5, 5.41) is 7.94. The number of rotatable bonds is 4. The number of benzene rings is 1. The molecule has 0 radical (unpaired) electrons. The summed E-state index contributed by atoms with van der Waals surface area (Å²) in [4.78, 5) is 19.3. The zero-order chi connectivity index (χ0) is 20.6. The summed E-state index contributed by atoms with van der Waals surface area (Å²) in [6.07, 6.45) is 4.10. The van der Waals surface area contributed by atoms with Crippen molar-refractivity contribution in [3.63, 3.8) is 0 Å². The molecule has 1 aliphatic rings. The zero-order valence-corrected chi connectivity index (χ0v) is 17.7. The molecule has 3 heterocycles. The van der Waals surface area contributed by atoms with E-state index in [9.17, 15) is 4.79 Å². The van der Waals surface area contributed by atoms with Crippen molar-refractivity contribution >= 4 is 17.5 Å². The second-order valence-corrected chi connectivity index (χ2v) is 8.98. The number of aromatic nitrogens is 3. The molecule has 0 aliphatic carbocycles. The van der Waals surface area contributed by atoms with Crippen LogP contribution in [0.2, 0.25) is 5.02 Å². The van der Waals surface area contributed by atoms with E-state index >= 15 is 0 Å². The molecule has 1 fully saturated rings. The van der Waals surface area contributed by atoms with E-state index in [4.69, 9.17) is 16.0 Å². The molecule has 1 unspecified atom stereocenters. The van der Waals surface area contributed by atoms with Crippen LogP contribution in [0.4, 0.5) is 0 Å². The van der Waals surface area contributed by atoms with Crippen molar-refractivity contribution in [2.24, 2.45) is 0 Å². The predicted molar refractivity (Wildman–Crippen MR) is 111 cm³/mol. The van der Waals surface area contributed by atoms with E-state index in [1.54, 1.807) is 6.20 Å². The van der Waals surface area contributed by atoms with Gasteiger partial charge in [-0.05, 0) is 36.6 Å². The Hall–Kier alpha value is -2.60. The normalized spacial score (nSPS) is 17.1. The van der Waals surface area contributed by atoms with Gasteiger partial charge in [-0.3, -0.25) is 9.89 Å². The molecule has 1 N–H and O–H groups in total. The third-order valence-electron chi connectivity index (χ3n) is 5.24. The highest BCUT2D eigenvalue weighted by molar-refractivity contribution is 6.30. The minimum Gasteiger partial charge on any atom is -0.443 e. The fourth-order valence-electron chi connectivity index (χ4n) is 3.64. The molecule has 6 nitrogen and oxygen atoms in total. The highest BCUT2D eigenvalue weighted by Gasteiger charge is 2.35. The van der Waals surface area contributed by atoms with Gasteiger partial charge in [0.1, 0.15) is 17.5 Å². The topological polar surface area (TPSA) is 75.0 Å². The first-order chi connectivity index (χ1) is 13.8. The quantitative estimate of drug-likeness (QED) is 0.660. The van der Waals surface area contributed by atoms with Crippen molar-refractivity contribution in [2.75, 3.05) is 6.54 Å². The van der Waals surface area contributed by atoms with Crippen LogP contribution < -0.4 is 0 Å². The molecule has 1 amide bonds. The Balaban J connectivity index is 1.50. The van der Waals surface area contributed by atoms with Crippen molar-refractivity contribution in [1.29, 1.82) is 0 Å². The molecule has 2 aromatic heterocycles. The molecule has 0 bridgehead atoms. The number of hydrogen-bond donors (Lipinski definition) is 1. The molecule has 29 heavy (non-hydrogen) atoms. The Morgan fingerprint density at radius 2 is 2.17 bits per heavy atom. The van der Waals surface area contributed by atoms with Gasteiger partial charge in [-0.1, -0.05) is 44.5 Å². The molecular weight excluding hydrogens is 388 g/mol. The van der Waals surface area contributed by atoms with Gasteiger partial charge in [0, 0.05) is 29.1 Å². The fourth-order valence-corrected chi connectivity index (χ4v) is 3.85. The molecule has 4 rings (SSSR count). The van der Waals surface area contributed by atoms with Gasteiger partial charge in [-0.25, -0.2) is 4.98 Å². The molecule has 1 saturated heterocycles. The molecule has 152 valence electrons. The number of aromatic amines is 1. The SMILES string of the molecule is CC(C)(C)c1cc(C(=O)N2CCCC2c2ncc(Cc3cccc(Cl)c3)o2)n[nH]1. The maximum absolute atomic E-state index is 13.1. The molecule has 1 atom stereocenters. The maximum atomic E-state index is 13.1. The summed E-state index contributed by atoms with van der Waals surface area (Å²) < 4.78 is 6.01. The minimum absolute atomic E-state index is 0.0890. The number of H-pyrrole nitrogens is 1. The maximum Gasteiger partial charge on any atom is 0.275 e. The standard InChI is InChI=1S/C22H25ClN4O2/c1-22(2,3)19-12-17(25-26-19)21(28)27-9-5-8-18(27)20-24-13-16(29-20)11-14-6-4-7-15(23)10-14/h4,6-7,10,12-13,18H,5,8-9,11H2,1-3H3,(H,25,26). The van der Waals surface area contributed by atoms with Crippen LogP contribution in [0, 0.1) is 0 Å². The van der Waals surface area contributed by atoms with Gasteiger partial charge >= 0.3 is 0 Å². The van der Waals surface area contributed by atoms with Gasteiger partial charge in [0.15, 0.2) is 0 Å². The number of nitrogens with one attached hydrogen (secondary N) is 1. The van der Waals surface area contributed by atoms with Crippen molar-refractivity contribution in [3.8, 4) is 0 Å². The highest BCUT2D eigenvalue weighted by atomic mass is 35.5. The Morgan fingerprint density at radius 1 is 1.34 bits per heavy atom. The van der Waals surface area contributed by atoms with E-state index in [-0.39, 0.29) is 17.4 Å². The van der Waals surface area contributed by atoms with E-state index < -0.39 is 0 Å². The van der Waals surface area contributed by atoms with Gasteiger partial charge in [0.25, 0.3) is 5.91 Å². The average molecular weight is 413 g/mol. The molecule has 7 heteroatoms. The van der Waals surface area contributed by atoms with Gasteiger partial charge < -0.3 is 9.32 Å². The summed E-state index contributed by atoms with van der Waals surface area (Å²) in [7, 11) is 0. The minimum atomic E-state index is -0.162. The number of halogens is 1. The van der Waals surface area contributed by atoms with Crippen LogP contribution in [-0.4, -0.2) is 32.5 Å². The lowest BCUT2D eigenvalue weighted by molar-refractivity contribution is 0.0708. The van der Waals surface area contributed by atoms with E-state index in [0.29, 0.717) is 29.6 Å². The van der Waals surface area contributed by atoms with Crippen LogP contribution in [0.1, 0.15) is 73.1 Å². The van der Waals surface area contributed by atoms with E-state index in [1.165, 1.54) is 0 Å². The van der Waals surface area contributed by atoms with Crippen LogP contribution in [0.25, 0.3) is 0 Å². The summed E-state index contributed by atoms with van der Waals surface area (Å²) >= 11 is 6.06. The first-order valence-electron chi connectivity index (χ1n) is 9.87. The fraction of sp³-hybridized carbons (Fsp3) is 0.409. The van der Waals surface area contributed by atoms with Crippen LogP contribution in [0.5, 0.6) is 0 Å². The molecule has 3 aromatic rings. The van der Waals surface area contributed by atoms with Gasteiger partial charge in [0.2, 0.25) is 5.89 Å². The highest BCUT2D eigenvalue weighted by Crippen LogP contribution is 2.33. The molecular formula is C22H25ClN4O2. The van der Waals surface area contributed by atoms with Gasteiger partial charge in [-0.2, -0.15) is 5.10 Å². The van der Waals surface area contributed by atoms with Crippen LogP contribution in [0.15, 0.2) is 40.9 Å². The van der Waals surface area contributed by atoms with E-state index in [2.05, 4.69) is 36.0 Å². The number of oxazole rings is 1. The van der Waals surface area contributed by atoms with E-state index in [0.717, 1.165) is 29.9 Å². The zero-order valence-electron chi connectivity index (χ0n) is 16.9. The second-order valence-electron chi connectivity index (χ2n) is 8.54. The Labute approximate surface area is 175 Å². The Kier molecular flexibility index (Phi) is 5.21. The van der Waals surface area contributed by atoms with Crippen molar-refractivity contribution in [3.05, 3.63) is 70.2 Å². The average Bonchev–Trinajstić information content (AvgIpc) is 3.40. The number of carbonyl (C=O) groups is 1. The largest absolute Gasteiger partial charge is 0.443 e. The first-order valence-corrected chi connectivity index (χ1v) is 10.2. The third kappa shape index (κ3) is 4.22. The van der Waals surface area contributed by atoms with E-state index in [1.807, 2.05) is 35.2 Å². The number of amides is 1. The van der Waals surface area contributed by atoms with Crippen molar-refractivity contribution < 1.29 is 9.21 Å². The van der Waals surface area contributed by atoms with Crippen LogP contribution >= 0.6 is 11.6 Å². The lowest BCUT2D eigenvalue weighted by atomic mass is 9.92. The number of hydrogen-bond acceptors (Lipinski definition) is 4. The van der Waals surface area contributed by atoms with Gasteiger partial charge in [0.05, 0.1) is 6.20 Å². The number of likely N-dealkylation sites (tertiary alicyclic amines) is 1. The Bertz CT molecular complexity index is 1020. The molecule has 0 spiro atoms. The second kappa shape index (κ2) is 7.67. The molecule has 0 saturated carbocycles. The molecule has 1 aliphatic heterocycles. The smallest absolute Gasteiger partial charge is 0.275 e. The summed E-state index contributed by atoms with van der Waals surface area (Å²) in [5.41, 5.74) is 2.35. The third-order valence-corrected chi connectivity index (χ3v) is 5.48.